The Balaban J connectivity index is 1.67. The first kappa shape index (κ1) is 10.8. The van der Waals surface area contributed by atoms with Crippen molar-refractivity contribution in [3.8, 4) is 0 Å². The van der Waals surface area contributed by atoms with Crippen LogP contribution in [0.3, 0.4) is 0 Å². The Hall–Kier alpha value is -0.710. The second-order valence-electron chi connectivity index (χ2n) is 3.82. The number of hydrogen-bond donors (Lipinski definition) is 2. The van der Waals surface area contributed by atoms with Crippen LogP contribution in [0.2, 0.25) is 0 Å². The molecule has 4 heteroatoms. The van der Waals surface area contributed by atoms with Crippen molar-refractivity contribution in [3.63, 3.8) is 0 Å². The highest BCUT2D eigenvalue weighted by Crippen LogP contribution is 2.08. The van der Waals surface area contributed by atoms with E-state index in [2.05, 4.69) is 10.6 Å². The molecule has 1 aliphatic heterocycles. The van der Waals surface area contributed by atoms with Crippen molar-refractivity contribution in [2.45, 2.75) is 18.9 Å². The molecular formula is C11H16N2OS. The molecule has 1 aromatic rings. The van der Waals surface area contributed by atoms with E-state index in [1.807, 2.05) is 17.5 Å². The average Bonchev–Trinajstić information content (AvgIpc) is 2.90. The molecule has 2 rings (SSSR count). The first-order chi connectivity index (χ1) is 7.36. The Bertz CT molecular complexity index is 304. The Labute approximate surface area is 93.9 Å². The van der Waals surface area contributed by atoms with E-state index in [9.17, 15) is 4.79 Å². The van der Waals surface area contributed by atoms with E-state index in [0.29, 0.717) is 12.6 Å². The van der Waals surface area contributed by atoms with Gasteiger partial charge in [-0.25, -0.2) is 0 Å². The number of carbonyl (C=O) groups excluding carboxylic acids is 1. The maximum atomic E-state index is 11.6. The molecule has 0 bridgehead atoms. The number of nitrogens with one attached hydrogen (secondary N) is 2. The lowest BCUT2D eigenvalue weighted by Crippen LogP contribution is -2.36. The molecule has 0 aliphatic carbocycles. The van der Waals surface area contributed by atoms with Gasteiger partial charge in [0.1, 0.15) is 0 Å². The Kier molecular flexibility index (Phi) is 3.88. The van der Waals surface area contributed by atoms with E-state index < -0.39 is 0 Å². The lowest BCUT2D eigenvalue weighted by Gasteiger charge is -2.10. The van der Waals surface area contributed by atoms with Crippen LogP contribution in [0.4, 0.5) is 0 Å². The number of Topliss-reactive ketones (excluding diaryl/α,β-unsaturated/α-hetero) is 1. The fourth-order valence-corrected chi connectivity index (χ4v) is 2.48. The average molecular weight is 224 g/mol. The minimum Gasteiger partial charge on any atom is -0.313 e. The van der Waals surface area contributed by atoms with Gasteiger partial charge in [-0.1, -0.05) is 6.07 Å². The van der Waals surface area contributed by atoms with Crippen LogP contribution in [0.5, 0.6) is 0 Å². The summed E-state index contributed by atoms with van der Waals surface area (Å²) < 4.78 is 0. The summed E-state index contributed by atoms with van der Waals surface area (Å²) in [5, 5.41) is 8.54. The van der Waals surface area contributed by atoms with Crippen LogP contribution in [0.15, 0.2) is 17.5 Å². The summed E-state index contributed by atoms with van der Waals surface area (Å²) in [6.07, 6.45) is 2.48. The largest absolute Gasteiger partial charge is 0.313 e. The van der Waals surface area contributed by atoms with E-state index in [1.165, 1.54) is 24.2 Å². The molecular weight excluding hydrogens is 208 g/mol. The summed E-state index contributed by atoms with van der Waals surface area (Å²) in [4.78, 5) is 12.5. The van der Waals surface area contributed by atoms with Crippen molar-refractivity contribution in [1.82, 2.24) is 10.6 Å². The number of hydrogen-bond acceptors (Lipinski definition) is 4. The van der Waals surface area contributed by atoms with E-state index in [1.54, 1.807) is 0 Å². The van der Waals surface area contributed by atoms with Crippen molar-refractivity contribution in [3.05, 3.63) is 22.4 Å². The molecule has 0 saturated carbocycles. The predicted molar refractivity (Wildman–Crippen MR) is 62.5 cm³/mol. The van der Waals surface area contributed by atoms with Crippen molar-refractivity contribution in [2.24, 2.45) is 0 Å². The van der Waals surface area contributed by atoms with Crippen molar-refractivity contribution >= 4 is 17.1 Å². The normalized spacial score (nSPS) is 20.7. The van der Waals surface area contributed by atoms with Gasteiger partial charge in [0.25, 0.3) is 0 Å². The summed E-state index contributed by atoms with van der Waals surface area (Å²) >= 11 is 1.51. The fraction of sp³-hybridized carbons (Fsp3) is 0.545. The molecule has 0 amide bonds. The van der Waals surface area contributed by atoms with E-state index in [0.717, 1.165) is 18.0 Å². The zero-order chi connectivity index (χ0) is 10.5. The zero-order valence-corrected chi connectivity index (χ0v) is 9.48. The Morgan fingerprint density at radius 3 is 3.27 bits per heavy atom. The highest BCUT2D eigenvalue weighted by molar-refractivity contribution is 7.12. The van der Waals surface area contributed by atoms with E-state index in [4.69, 9.17) is 0 Å². The van der Waals surface area contributed by atoms with Crippen LogP contribution in [-0.4, -0.2) is 31.5 Å². The molecule has 1 aromatic heterocycles. The van der Waals surface area contributed by atoms with Crippen LogP contribution in [0.25, 0.3) is 0 Å². The van der Waals surface area contributed by atoms with Gasteiger partial charge in [0, 0.05) is 12.6 Å². The molecule has 3 nitrogen and oxygen atoms in total. The second kappa shape index (κ2) is 5.39. The summed E-state index contributed by atoms with van der Waals surface area (Å²) in [7, 11) is 0. The van der Waals surface area contributed by atoms with Gasteiger partial charge < -0.3 is 10.6 Å². The van der Waals surface area contributed by atoms with Gasteiger partial charge in [0.05, 0.1) is 11.4 Å². The summed E-state index contributed by atoms with van der Waals surface area (Å²) in [6.45, 7) is 2.47. The van der Waals surface area contributed by atoms with Gasteiger partial charge in [-0.3, -0.25) is 4.79 Å². The highest BCUT2D eigenvalue weighted by Gasteiger charge is 2.14. The van der Waals surface area contributed by atoms with Gasteiger partial charge in [0.15, 0.2) is 5.78 Å². The molecule has 0 unspecified atom stereocenters. The molecule has 0 aromatic carbocycles. The molecule has 1 fully saturated rings. The van der Waals surface area contributed by atoms with Gasteiger partial charge in [-0.05, 0) is 30.8 Å². The maximum Gasteiger partial charge on any atom is 0.186 e. The molecule has 0 spiro atoms. The standard InChI is InChI=1S/C11H16N2OS/c14-10(11-4-2-6-15-11)8-12-7-9-3-1-5-13-9/h2,4,6,9,12-13H,1,3,5,7-8H2/t9-/m1/s1. The first-order valence-corrected chi connectivity index (χ1v) is 6.25. The van der Waals surface area contributed by atoms with Gasteiger partial charge >= 0.3 is 0 Å². The minimum atomic E-state index is 0.197. The maximum absolute atomic E-state index is 11.6. The fourth-order valence-electron chi connectivity index (χ4n) is 1.82. The van der Waals surface area contributed by atoms with Crippen LogP contribution in [0.1, 0.15) is 22.5 Å². The van der Waals surface area contributed by atoms with E-state index in [-0.39, 0.29) is 5.78 Å². The van der Waals surface area contributed by atoms with Crippen LogP contribution >= 0.6 is 11.3 Å². The zero-order valence-electron chi connectivity index (χ0n) is 8.66. The minimum absolute atomic E-state index is 0.197. The smallest absolute Gasteiger partial charge is 0.186 e. The van der Waals surface area contributed by atoms with Crippen molar-refractivity contribution in [2.75, 3.05) is 19.6 Å². The summed E-state index contributed by atoms with van der Waals surface area (Å²) in [6, 6.07) is 4.35. The molecule has 0 radical (unpaired) electrons. The lowest BCUT2D eigenvalue weighted by molar-refractivity contribution is 0.0994. The molecule has 82 valence electrons. The molecule has 1 saturated heterocycles. The summed E-state index contributed by atoms with van der Waals surface area (Å²) in [5.74, 6) is 0.197. The molecule has 2 N–H and O–H groups in total. The molecule has 1 atom stereocenters. The van der Waals surface area contributed by atoms with Crippen LogP contribution in [-0.2, 0) is 0 Å². The Morgan fingerprint density at radius 1 is 1.67 bits per heavy atom. The third kappa shape index (κ3) is 3.12. The van der Waals surface area contributed by atoms with Crippen LogP contribution < -0.4 is 10.6 Å². The predicted octanol–water partition coefficient (Wildman–Crippen LogP) is 1.27. The number of thiophene rings is 1. The number of rotatable bonds is 5. The van der Waals surface area contributed by atoms with Gasteiger partial charge in [-0.15, -0.1) is 11.3 Å². The molecule has 1 aliphatic rings. The van der Waals surface area contributed by atoms with Crippen molar-refractivity contribution in [1.29, 1.82) is 0 Å². The lowest BCUT2D eigenvalue weighted by atomic mass is 10.2. The van der Waals surface area contributed by atoms with Crippen LogP contribution in [0, 0.1) is 0 Å². The summed E-state index contributed by atoms with van der Waals surface area (Å²) in [5.41, 5.74) is 0. The topological polar surface area (TPSA) is 41.1 Å². The van der Waals surface area contributed by atoms with Gasteiger partial charge in [0.2, 0.25) is 0 Å². The molecule has 15 heavy (non-hydrogen) atoms. The SMILES string of the molecule is O=C(CNC[C@H]1CCCN1)c1cccs1. The number of ketones is 1. The third-order valence-electron chi connectivity index (χ3n) is 2.63. The quantitative estimate of drug-likeness (QED) is 0.740. The highest BCUT2D eigenvalue weighted by atomic mass is 32.1. The second-order valence-corrected chi connectivity index (χ2v) is 4.77. The van der Waals surface area contributed by atoms with E-state index >= 15 is 0 Å². The monoisotopic (exact) mass is 224 g/mol. The van der Waals surface area contributed by atoms with Gasteiger partial charge in [-0.2, -0.15) is 0 Å². The Morgan fingerprint density at radius 2 is 2.60 bits per heavy atom. The number of carbonyl (C=O) groups is 1. The third-order valence-corrected chi connectivity index (χ3v) is 3.55. The first-order valence-electron chi connectivity index (χ1n) is 5.37. The molecule has 2 heterocycles. The van der Waals surface area contributed by atoms with Crippen molar-refractivity contribution < 1.29 is 4.79 Å².